The van der Waals surface area contributed by atoms with Crippen molar-refractivity contribution in [2.24, 2.45) is 0 Å². The molecule has 2 nitrogen and oxygen atoms in total. The number of halogens is 6. The number of benzene rings is 1. The number of carbonyl (C=O) groups is 1. The van der Waals surface area contributed by atoms with Crippen molar-refractivity contribution >= 4 is 5.91 Å². The van der Waals surface area contributed by atoms with E-state index in [2.05, 4.69) is 5.32 Å². The predicted molar refractivity (Wildman–Crippen MR) is 48.8 cm³/mol. The first-order chi connectivity index (χ1) is 8.05. The summed E-state index contributed by atoms with van der Waals surface area (Å²) >= 11 is 0. The van der Waals surface area contributed by atoms with Crippen molar-refractivity contribution in [3.8, 4) is 0 Å². The van der Waals surface area contributed by atoms with E-state index in [4.69, 9.17) is 0 Å². The maximum atomic E-state index is 12.4. The zero-order chi connectivity index (χ0) is 14.1. The molecule has 0 heterocycles. The maximum absolute atomic E-state index is 12.4. The predicted octanol–water partition coefficient (Wildman–Crippen LogP) is 3.10. The molecule has 0 saturated carbocycles. The van der Waals surface area contributed by atoms with E-state index in [1.165, 1.54) is 0 Å². The van der Waals surface area contributed by atoms with Crippen molar-refractivity contribution in [1.29, 1.82) is 0 Å². The molecule has 1 rings (SSSR count). The summed E-state index contributed by atoms with van der Waals surface area (Å²) in [6.45, 7) is 0. The van der Waals surface area contributed by atoms with E-state index in [1.807, 2.05) is 0 Å². The van der Waals surface area contributed by atoms with Gasteiger partial charge < -0.3 is 0 Å². The minimum atomic E-state index is -4.97. The van der Waals surface area contributed by atoms with Crippen molar-refractivity contribution in [3.63, 3.8) is 0 Å². The molecule has 0 atom stereocenters. The first kappa shape index (κ1) is 14.3. The molecule has 0 bridgehead atoms. The minimum Gasteiger partial charge on any atom is -0.267 e. The van der Waals surface area contributed by atoms with Gasteiger partial charge in [0.05, 0.1) is 11.1 Å². The molecule has 8 heteroatoms. The smallest absolute Gasteiger partial charge is 0.267 e. The van der Waals surface area contributed by atoms with Crippen LogP contribution < -0.4 is 5.32 Å². The largest absolute Gasteiger partial charge is 0.416 e. The van der Waals surface area contributed by atoms with Crippen LogP contribution >= 0.6 is 0 Å². The standard InChI is InChI=1S/C10H6F6NO/c1-17-8(18)5-2-6(9(11,12)13)4-7(3-5)10(14,15)16/h2-4H,1H3. The summed E-state index contributed by atoms with van der Waals surface area (Å²) in [5.41, 5.74) is -3.83. The van der Waals surface area contributed by atoms with Gasteiger partial charge in [0.15, 0.2) is 0 Å². The Bertz CT molecular complexity index is 430. The number of rotatable bonds is 1. The molecule has 0 aliphatic heterocycles. The third-order valence-corrected chi connectivity index (χ3v) is 2.04. The number of carbonyl (C=O) groups excluding carboxylic acids is 1. The average Bonchev–Trinajstić information content (AvgIpc) is 2.25. The van der Waals surface area contributed by atoms with Crippen LogP contribution in [0.1, 0.15) is 21.5 Å². The van der Waals surface area contributed by atoms with Crippen LogP contribution in [0.5, 0.6) is 0 Å². The number of hydrogen-bond acceptors (Lipinski definition) is 1. The van der Waals surface area contributed by atoms with Crippen molar-refractivity contribution < 1.29 is 31.1 Å². The van der Waals surface area contributed by atoms with Gasteiger partial charge in [-0.25, -0.2) is 0 Å². The minimum absolute atomic E-state index is 0.0492. The fourth-order valence-electron chi connectivity index (χ4n) is 1.21. The van der Waals surface area contributed by atoms with Crippen molar-refractivity contribution in [1.82, 2.24) is 5.32 Å². The summed E-state index contributed by atoms with van der Waals surface area (Å²) in [5, 5.41) is 3.03. The van der Waals surface area contributed by atoms with Gasteiger partial charge in [-0.2, -0.15) is 26.3 Å². The Balaban J connectivity index is 3.44. The molecule has 0 saturated heterocycles. The van der Waals surface area contributed by atoms with Crippen LogP contribution in [0.3, 0.4) is 0 Å². The molecule has 0 fully saturated rings. The van der Waals surface area contributed by atoms with Gasteiger partial charge in [0.2, 0.25) is 0 Å². The zero-order valence-corrected chi connectivity index (χ0v) is 8.86. The second-order valence-electron chi connectivity index (χ2n) is 3.32. The van der Waals surface area contributed by atoms with Gasteiger partial charge in [0.1, 0.15) is 0 Å². The van der Waals surface area contributed by atoms with Gasteiger partial charge in [-0.3, -0.25) is 10.1 Å². The summed E-state index contributed by atoms with van der Waals surface area (Å²) in [7, 11) is 0.982. The molecular weight excluding hydrogens is 264 g/mol. The molecule has 0 N–H and O–H groups in total. The molecule has 1 aromatic rings. The second-order valence-corrected chi connectivity index (χ2v) is 3.32. The Labute approximate surface area is 97.6 Å². The van der Waals surface area contributed by atoms with E-state index in [1.54, 1.807) is 0 Å². The summed E-state index contributed by atoms with van der Waals surface area (Å²) < 4.78 is 74.4. The van der Waals surface area contributed by atoms with E-state index in [0.717, 1.165) is 7.05 Å². The lowest BCUT2D eigenvalue weighted by Crippen LogP contribution is -2.16. The van der Waals surface area contributed by atoms with Crippen LogP contribution in [0.15, 0.2) is 18.2 Å². The van der Waals surface area contributed by atoms with Gasteiger partial charge in [0.25, 0.3) is 5.91 Å². The quantitative estimate of drug-likeness (QED) is 0.721. The highest BCUT2D eigenvalue weighted by atomic mass is 19.4. The fourth-order valence-corrected chi connectivity index (χ4v) is 1.21. The van der Waals surface area contributed by atoms with Crippen LogP contribution in [0.25, 0.3) is 0 Å². The van der Waals surface area contributed by atoms with E-state index in [9.17, 15) is 31.1 Å². The zero-order valence-electron chi connectivity index (χ0n) is 8.86. The fraction of sp³-hybridized carbons (Fsp3) is 0.300. The molecule has 1 radical (unpaired) electrons. The number of hydrogen-bond donors (Lipinski definition) is 0. The van der Waals surface area contributed by atoms with E-state index in [-0.39, 0.29) is 6.07 Å². The SMILES string of the molecule is C[N]C(=O)c1cc(C(F)(F)F)cc(C(F)(F)F)c1. The molecule has 0 aromatic heterocycles. The molecule has 18 heavy (non-hydrogen) atoms. The molecule has 99 valence electrons. The van der Waals surface area contributed by atoms with Gasteiger partial charge >= 0.3 is 12.4 Å². The topological polar surface area (TPSA) is 31.2 Å². The lowest BCUT2D eigenvalue weighted by Gasteiger charge is -2.13. The maximum Gasteiger partial charge on any atom is 0.416 e. The number of nitrogens with zero attached hydrogens (tertiary/aromatic N) is 1. The average molecular weight is 270 g/mol. The molecular formula is C10H6F6NO. The lowest BCUT2D eigenvalue weighted by molar-refractivity contribution is -0.143. The van der Waals surface area contributed by atoms with Gasteiger partial charge in [-0.05, 0) is 18.2 Å². The third kappa shape index (κ3) is 3.14. The Kier molecular flexibility index (Phi) is 3.59. The van der Waals surface area contributed by atoms with Gasteiger partial charge in [-0.1, -0.05) is 0 Å². The Hall–Kier alpha value is -1.73. The van der Waals surface area contributed by atoms with Crippen molar-refractivity contribution in [2.45, 2.75) is 12.4 Å². The first-order valence-corrected chi connectivity index (χ1v) is 4.49. The summed E-state index contributed by atoms with van der Waals surface area (Å²) in [6.07, 6.45) is -9.94. The summed E-state index contributed by atoms with van der Waals surface area (Å²) in [5.74, 6) is -1.15. The van der Waals surface area contributed by atoms with Crippen LogP contribution in [0.4, 0.5) is 26.3 Å². The normalized spacial score (nSPS) is 12.4. The highest BCUT2D eigenvalue weighted by Crippen LogP contribution is 2.36. The van der Waals surface area contributed by atoms with Crippen LogP contribution in [0, 0.1) is 0 Å². The summed E-state index contributed by atoms with van der Waals surface area (Å²) in [4.78, 5) is 11.1. The summed E-state index contributed by atoms with van der Waals surface area (Å²) in [6, 6.07) is 0.627. The van der Waals surface area contributed by atoms with E-state index in [0.29, 0.717) is 12.1 Å². The lowest BCUT2D eigenvalue weighted by atomic mass is 10.0. The van der Waals surface area contributed by atoms with Crippen molar-refractivity contribution in [3.05, 3.63) is 34.9 Å². The molecule has 0 unspecified atom stereocenters. The second kappa shape index (κ2) is 4.51. The highest BCUT2D eigenvalue weighted by Gasteiger charge is 2.37. The number of amides is 1. The van der Waals surface area contributed by atoms with E-state index < -0.39 is 35.0 Å². The van der Waals surface area contributed by atoms with Crippen LogP contribution in [0.2, 0.25) is 0 Å². The highest BCUT2D eigenvalue weighted by molar-refractivity contribution is 5.94. The monoisotopic (exact) mass is 270 g/mol. The molecule has 1 aromatic carbocycles. The van der Waals surface area contributed by atoms with Crippen LogP contribution in [-0.4, -0.2) is 13.0 Å². The Morgan fingerprint density at radius 1 is 0.944 bits per heavy atom. The Morgan fingerprint density at radius 3 is 1.61 bits per heavy atom. The third-order valence-electron chi connectivity index (χ3n) is 2.04. The van der Waals surface area contributed by atoms with Crippen LogP contribution in [-0.2, 0) is 12.4 Å². The van der Waals surface area contributed by atoms with Gasteiger partial charge in [-0.15, -0.1) is 0 Å². The van der Waals surface area contributed by atoms with E-state index >= 15 is 0 Å². The molecule has 0 spiro atoms. The molecule has 1 amide bonds. The number of alkyl halides is 6. The molecule has 0 aliphatic rings. The Morgan fingerprint density at radius 2 is 1.33 bits per heavy atom. The van der Waals surface area contributed by atoms with Gasteiger partial charge in [0, 0.05) is 12.6 Å². The molecule has 0 aliphatic carbocycles. The van der Waals surface area contributed by atoms with Crippen molar-refractivity contribution in [2.75, 3.05) is 7.05 Å². The first-order valence-electron chi connectivity index (χ1n) is 4.49.